The first kappa shape index (κ1) is 24.8. The lowest BCUT2D eigenvalue weighted by Crippen LogP contribution is -2.34. The van der Waals surface area contributed by atoms with Crippen molar-refractivity contribution in [3.63, 3.8) is 0 Å². The van der Waals surface area contributed by atoms with Crippen LogP contribution in [-0.4, -0.2) is 31.2 Å². The minimum absolute atomic E-state index is 0. The van der Waals surface area contributed by atoms with E-state index in [4.69, 9.17) is 5.73 Å². The average molecular weight is 458 g/mol. The molecule has 2 rings (SSSR count). The Morgan fingerprint density at radius 3 is 2.21 bits per heavy atom. The second-order valence-corrected chi connectivity index (χ2v) is 7.96. The highest BCUT2D eigenvalue weighted by atomic mass is 35.5. The quantitative estimate of drug-likeness (QED) is 0.406. The maximum Gasteiger partial charge on any atom is 0.416 e. The van der Waals surface area contributed by atoms with Crippen LogP contribution in [0.4, 0.5) is 23.2 Å². The minimum Gasteiger partial charge on any atom is -0.323 e. The van der Waals surface area contributed by atoms with Gasteiger partial charge in [0.25, 0.3) is 5.69 Å². The first-order chi connectivity index (χ1) is 12.8. The number of benzene rings is 2. The third-order valence-electron chi connectivity index (χ3n) is 3.89. The van der Waals surface area contributed by atoms with E-state index in [-0.39, 0.29) is 28.6 Å². The molecule has 0 aliphatic heterocycles. The predicted octanol–water partition coefficient (Wildman–Crippen LogP) is 3.50. The highest BCUT2D eigenvalue weighted by molar-refractivity contribution is 7.89. The third kappa shape index (κ3) is 5.85. The Bertz CT molecular complexity index is 985. The lowest BCUT2D eigenvalue weighted by atomic mass is 10.0. The second-order valence-electron chi connectivity index (χ2n) is 5.91. The van der Waals surface area contributed by atoms with Gasteiger partial charge in [-0.25, -0.2) is 12.8 Å². The number of nitro benzene ring substituents is 1. The van der Waals surface area contributed by atoms with Crippen molar-refractivity contribution < 1.29 is 30.9 Å². The molecule has 2 aromatic rings. The van der Waals surface area contributed by atoms with Crippen molar-refractivity contribution in [2.24, 2.45) is 5.73 Å². The highest BCUT2D eigenvalue weighted by Gasteiger charge is 2.32. The molecule has 0 aliphatic rings. The van der Waals surface area contributed by atoms with Crippen LogP contribution in [0, 0.1) is 15.9 Å². The van der Waals surface area contributed by atoms with Crippen molar-refractivity contribution in [1.29, 1.82) is 0 Å². The predicted molar refractivity (Wildman–Crippen MR) is 98.5 cm³/mol. The molecule has 1 atom stereocenters. The summed E-state index contributed by atoms with van der Waals surface area (Å²) in [5.41, 5.74) is 4.02. The molecule has 0 amide bonds. The van der Waals surface area contributed by atoms with Gasteiger partial charge in [-0.3, -0.25) is 10.1 Å². The molecule has 0 saturated heterocycles. The van der Waals surface area contributed by atoms with E-state index in [1.54, 1.807) is 0 Å². The number of halogens is 5. The van der Waals surface area contributed by atoms with E-state index in [2.05, 4.69) is 0 Å². The lowest BCUT2D eigenvalue weighted by Gasteiger charge is -2.22. The molecule has 7 nitrogen and oxygen atoms in total. The number of hydrogen-bond donors (Lipinski definition) is 1. The van der Waals surface area contributed by atoms with E-state index in [0.29, 0.717) is 12.1 Å². The number of hydrogen-bond acceptors (Lipinski definition) is 5. The molecular weight excluding hydrogens is 442 g/mol. The summed E-state index contributed by atoms with van der Waals surface area (Å²) in [6.45, 7) is -0.444. The fraction of sp³-hybridized carbons (Fsp3) is 0.250. The molecular formula is C16H16ClF4N3O4S. The summed E-state index contributed by atoms with van der Waals surface area (Å²) in [7, 11) is -2.98. The molecule has 2 aromatic carbocycles. The first-order valence-electron chi connectivity index (χ1n) is 7.66. The monoisotopic (exact) mass is 457 g/mol. The number of non-ortho nitro benzene ring substituents is 1. The summed E-state index contributed by atoms with van der Waals surface area (Å²) in [5, 5.41) is 10.6. The summed E-state index contributed by atoms with van der Waals surface area (Å²) in [6.07, 6.45) is -4.78. The minimum atomic E-state index is -4.78. The Morgan fingerprint density at radius 2 is 1.72 bits per heavy atom. The van der Waals surface area contributed by atoms with Gasteiger partial charge in [0.05, 0.1) is 15.4 Å². The molecule has 0 aromatic heterocycles. The van der Waals surface area contributed by atoms with Crippen LogP contribution < -0.4 is 5.73 Å². The molecule has 0 aliphatic carbocycles. The molecule has 0 unspecified atom stereocenters. The number of nitrogens with zero attached hydrogens (tertiary/aromatic N) is 2. The molecule has 13 heteroatoms. The number of sulfonamides is 1. The van der Waals surface area contributed by atoms with E-state index in [0.717, 1.165) is 41.7 Å². The summed E-state index contributed by atoms with van der Waals surface area (Å²) in [6, 6.07) is 4.58. The van der Waals surface area contributed by atoms with Crippen LogP contribution in [0.15, 0.2) is 47.4 Å². The molecule has 2 N–H and O–H groups in total. The number of nitrogens with two attached hydrogens (primary N) is 1. The topological polar surface area (TPSA) is 107 Å². The zero-order valence-electron chi connectivity index (χ0n) is 14.8. The van der Waals surface area contributed by atoms with Crippen LogP contribution in [-0.2, 0) is 16.2 Å². The number of likely N-dealkylation sites (N-methyl/N-ethyl adjacent to an activating group) is 1. The first-order valence-corrected chi connectivity index (χ1v) is 9.10. The maximum absolute atomic E-state index is 13.5. The smallest absolute Gasteiger partial charge is 0.323 e. The van der Waals surface area contributed by atoms with Gasteiger partial charge in [0.15, 0.2) is 0 Å². The van der Waals surface area contributed by atoms with Crippen LogP contribution in [0.3, 0.4) is 0 Å². The summed E-state index contributed by atoms with van der Waals surface area (Å²) in [4.78, 5) is 9.68. The Labute approximate surface area is 169 Å². The van der Waals surface area contributed by atoms with Crippen molar-refractivity contribution in [3.05, 3.63) is 69.5 Å². The number of rotatable bonds is 6. The highest BCUT2D eigenvalue weighted by Crippen LogP contribution is 2.31. The number of alkyl halides is 3. The summed E-state index contributed by atoms with van der Waals surface area (Å²) < 4.78 is 77.8. The van der Waals surface area contributed by atoms with Crippen LogP contribution in [0.2, 0.25) is 0 Å². The van der Waals surface area contributed by atoms with Crippen LogP contribution >= 0.6 is 12.4 Å². The molecule has 0 bridgehead atoms. The summed E-state index contributed by atoms with van der Waals surface area (Å²) in [5.74, 6) is -1.15. The van der Waals surface area contributed by atoms with Gasteiger partial charge in [-0.05, 0) is 35.9 Å². The van der Waals surface area contributed by atoms with Crippen molar-refractivity contribution in [1.82, 2.24) is 4.31 Å². The van der Waals surface area contributed by atoms with E-state index >= 15 is 0 Å². The van der Waals surface area contributed by atoms with Crippen LogP contribution in [0.1, 0.15) is 17.2 Å². The van der Waals surface area contributed by atoms with Gasteiger partial charge in [0, 0.05) is 31.8 Å². The van der Waals surface area contributed by atoms with E-state index in [1.807, 2.05) is 0 Å². The van der Waals surface area contributed by atoms with Gasteiger partial charge >= 0.3 is 6.18 Å². The van der Waals surface area contributed by atoms with E-state index in [9.17, 15) is 36.1 Å². The maximum atomic E-state index is 13.5. The lowest BCUT2D eigenvalue weighted by molar-refractivity contribution is -0.384. The van der Waals surface area contributed by atoms with Crippen LogP contribution in [0.5, 0.6) is 0 Å². The summed E-state index contributed by atoms with van der Waals surface area (Å²) >= 11 is 0. The number of nitro groups is 1. The average Bonchev–Trinajstić information content (AvgIpc) is 2.60. The second kappa shape index (κ2) is 9.03. The SMILES string of the molecule is CN(C[C@@H](N)c1cc(F)cc(C(F)(F)F)c1)S(=O)(=O)c1ccc([N+](=O)[O-])cc1.Cl. The zero-order chi connectivity index (χ0) is 21.3. The molecule has 29 heavy (non-hydrogen) atoms. The van der Waals surface area contributed by atoms with E-state index < -0.39 is 45.1 Å². The Kier molecular flexibility index (Phi) is 7.71. The molecule has 160 valence electrons. The molecule has 0 radical (unpaired) electrons. The standard InChI is InChI=1S/C16H15F4N3O4S.ClH/c1-22(28(26,27)14-4-2-13(3-5-14)23(24)25)9-15(21)10-6-11(16(18,19)20)8-12(17)7-10;/h2-8,15H,9,21H2,1H3;1H/t15-;/m1./s1. The molecule has 0 spiro atoms. The zero-order valence-corrected chi connectivity index (χ0v) is 16.4. The van der Waals surface area contributed by atoms with Gasteiger partial charge in [-0.15, -0.1) is 12.4 Å². The Morgan fingerprint density at radius 1 is 1.17 bits per heavy atom. The fourth-order valence-electron chi connectivity index (χ4n) is 2.39. The molecule has 0 fully saturated rings. The van der Waals surface area contributed by atoms with Gasteiger partial charge in [0.1, 0.15) is 5.82 Å². The van der Waals surface area contributed by atoms with Crippen LogP contribution in [0.25, 0.3) is 0 Å². The van der Waals surface area contributed by atoms with Gasteiger partial charge in [-0.1, -0.05) is 0 Å². The Hall–Kier alpha value is -2.28. The fourth-order valence-corrected chi connectivity index (χ4v) is 3.59. The third-order valence-corrected chi connectivity index (χ3v) is 5.72. The van der Waals surface area contributed by atoms with Gasteiger partial charge in [0.2, 0.25) is 10.0 Å². The van der Waals surface area contributed by atoms with Gasteiger partial charge < -0.3 is 5.73 Å². The van der Waals surface area contributed by atoms with Gasteiger partial charge in [-0.2, -0.15) is 17.5 Å². The molecule has 0 heterocycles. The van der Waals surface area contributed by atoms with Crippen molar-refractivity contribution >= 4 is 28.1 Å². The Balaban J connectivity index is 0.00000420. The van der Waals surface area contributed by atoms with Crippen molar-refractivity contribution in [2.75, 3.05) is 13.6 Å². The van der Waals surface area contributed by atoms with Crippen molar-refractivity contribution in [3.8, 4) is 0 Å². The molecule has 0 saturated carbocycles. The van der Waals surface area contributed by atoms with Crippen molar-refractivity contribution in [2.45, 2.75) is 17.1 Å². The van der Waals surface area contributed by atoms with E-state index in [1.165, 1.54) is 0 Å². The normalized spacial score (nSPS) is 13.1. The largest absolute Gasteiger partial charge is 0.416 e.